The fourth-order valence-electron chi connectivity index (χ4n) is 1.72. The Morgan fingerprint density at radius 3 is 3.12 bits per heavy atom. The third-order valence-electron chi connectivity index (χ3n) is 2.66. The quantitative estimate of drug-likeness (QED) is 0.863. The molecule has 4 nitrogen and oxygen atoms in total. The van der Waals surface area contributed by atoms with E-state index in [0.717, 1.165) is 24.8 Å². The lowest BCUT2D eigenvalue weighted by molar-refractivity contribution is 0.630. The summed E-state index contributed by atoms with van der Waals surface area (Å²) >= 11 is 8.08. The standard InChI is InChI=1S/C11H17ClN4S/c1-2-13-11-15-6-9(12)10(16-11)14-5-8-3-4-17-7-8/h6,8H,2-5,7H2,1H3,(H2,13,14,15,16). The van der Waals surface area contributed by atoms with E-state index in [4.69, 9.17) is 11.6 Å². The predicted molar refractivity (Wildman–Crippen MR) is 75.1 cm³/mol. The monoisotopic (exact) mass is 272 g/mol. The van der Waals surface area contributed by atoms with Gasteiger partial charge in [0.15, 0.2) is 0 Å². The van der Waals surface area contributed by atoms with E-state index in [1.54, 1.807) is 6.20 Å². The maximum atomic E-state index is 6.06. The molecular formula is C11H17ClN4S. The molecule has 1 saturated heterocycles. The highest BCUT2D eigenvalue weighted by molar-refractivity contribution is 7.99. The van der Waals surface area contributed by atoms with E-state index in [9.17, 15) is 0 Å². The van der Waals surface area contributed by atoms with Crippen LogP contribution in [0.2, 0.25) is 5.02 Å². The van der Waals surface area contributed by atoms with Crippen LogP contribution in [0.5, 0.6) is 0 Å². The average molecular weight is 273 g/mol. The first-order chi connectivity index (χ1) is 8.29. The highest BCUT2D eigenvalue weighted by atomic mass is 35.5. The van der Waals surface area contributed by atoms with Crippen molar-refractivity contribution in [3.63, 3.8) is 0 Å². The van der Waals surface area contributed by atoms with E-state index < -0.39 is 0 Å². The van der Waals surface area contributed by atoms with Crippen molar-refractivity contribution in [3.05, 3.63) is 11.2 Å². The van der Waals surface area contributed by atoms with Crippen LogP contribution in [0.3, 0.4) is 0 Å². The third kappa shape index (κ3) is 3.64. The Balaban J connectivity index is 1.95. The summed E-state index contributed by atoms with van der Waals surface area (Å²) in [4.78, 5) is 8.46. The molecule has 0 spiro atoms. The molecule has 1 fully saturated rings. The van der Waals surface area contributed by atoms with Crippen LogP contribution < -0.4 is 10.6 Å². The largest absolute Gasteiger partial charge is 0.368 e. The molecule has 0 bridgehead atoms. The molecule has 1 unspecified atom stereocenters. The number of hydrogen-bond acceptors (Lipinski definition) is 5. The number of hydrogen-bond donors (Lipinski definition) is 2. The van der Waals surface area contributed by atoms with Crippen LogP contribution in [0.15, 0.2) is 6.20 Å². The molecule has 17 heavy (non-hydrogen) atoms. The van der Waals surface area contributed by atoms with Gasteiger partial charge in [0.1, 0.15) is 10.8 Å². The van der Waals surface area contributed by atoms with Crippen LogP contribution in [-0.4, -0.2) is 34.6 Å². The zero-order valence-corrected chi connectivity index (χ0v) is 11.4. The summed E-state index contributed by atoms with van der Waals surface area (Å²) in [6.45, 7) is 3.76. The zero-order chi connectivity index (χ0) is 12.1. The fourth-order valence-corrected chi connectivity index (χ4v) is 3.16. The molecule has 0 amide bonds. The Kier molecular flexibility index (Phi) is 4.74. The third-order valence-corrected chi connectivity index (χ3v) is 4.17. The number of rotatable bonds is 5. The second-order valence-corrected chi connectivity index (χ2v) is 5.59. The second-order valence-electron chi connectivity index (χ2n) is 4.03. The number of nitrogens with zero attached hydrogens (tertiary/aromatic N) is 2. The summed E-state index contributed by atoms with van der Waals surface area (Å²) in [5.41, 5.74) is 0. The minimum atomic E-state index is 0.581. The van der Waals surface area contributed by atoms with E-state index in [0.29, 0.717) is 11.0 Å². The van der Waals surface area contributed by atoms with E-state index >= 15 is 0 Å². The summed E-state index contributed by atoms with van der Waals surface area (Å²) in [7, 11) is 0. The maximum Gasteiger partial charge on any atom is 0.224 e. The number of anilines is 2. The van der Waals surface area contributed by atoms with Gasteiger partial charge in [-0.2, -0.15) is 16.7 Å². The number of aromatic nitrogens is 2. The van der Waals surface area contributed by atoms with Crippen molar-refractivity contribution in [2.45, 2.75) is 13.3 Å². The Labute approximate surface area is 111 Å². The molecule has 1 atom stereocenters. The van der Waals surface area contributed by atoms with Crippen LogP contribution in [0.1, 0.15) is 13.3 Å². The summed E-state index contributed by atoms with van der Waals surface area (Å²) < 4.78 is 0. The van der Waals surface area contributed by atoms with Crippen LogP contribution in [0, 0.1) is 5.92 Å². The van der Waals surface area contributed by atoms with Gasteiger partial charge in [-0.1, -0.05) is 11.6 Å². The molecule has 2 rings (SSSR count). The Morgan fingerprint density at radius 2 is 2.41 bits per heavy atom. The van der Waals surface area contributed by atoms with Crippen molar-refractivity contribution < 1.29 is 0 Å². The van der Waals surface area contributed by atoms with Gasteiger partial charge in [0.25, 0.3) is 0 Å². The van der Waals surface area contributed by atoms with Gasteiger partial charge < -0.3 is 10.6 Å². The SMILES string of the molecule is CCNc1ncc(Cl)c(NCC2CCSC2)n1. The molecule has 0 saturated carbocycles. The van der Waals surface area contributed by atoms with Crippen molar-refractivity contribution >= 4 is 35.1 Å². The van der Waals surface area contributed by atoms with Crippen molar-refractivity contribution in [1.82, 2.24) is 9.97 Å². The van der Waals surface area contributed by atoms with Gasteiger partial charge in [-0.15, -0.1) is 0 Å². The van der Waals surface area contributed by atoms with Crippen molar-refractivity contribution in [2.75, 3.05) is 35.2 Å². The number of nitrogens with one attached hydrogen (secondary N) is 2. The smallest absolute Gasteiger partial charge is 0.224 e. The molecule has 0 radical (unpaired) electrons. The summed E-state index contributed by atoms with van der Waals surface area (Å²) in [6, 6.07) is 0. The van der Waals surface area contributed by atoms with E-state index in [1.165, 1.54) is 17.9 Å². The molecule has 2 N–H and O–H groups in total. The molecule has 1 aromatic rings. The number of halogens is 1. The van der Waals surface area contributed by atoms with Crippen LogP contribution in [-0.2, 0) is 0 Å². The lowest BCUT2D eigenvalue weighted by Gasteiger charge is -2.12. The first-order valence-electron chi connectivity index (χ1n) is 5.87. The molecule has 1 aliphatic heterocycles. The summed E-state index contributed by atoms with van der Waals surface area (Å²) in [6.07, 6.45) is 2.92. The van der Waals surface area contributed by atoms with Gasteiger partial charge >= 0.3 is 0 Å². The molecule has 1 aromatic heterocycles. The Hall–Kier alpha value is -0.680. The minimum absolute atomic E-state index is 0.581. The first-order valence-corrected chi connectivity index (χ1v) is 7.41. The minimum Gasteiger partial charge on any atom is -0.368 e. The van der Waals surface area contributed by atoms with Gasteiger partial charge in [0, 0.05) is 13.1 Å². The molecular weight excluding hydrogens is 256 g/mol. The van der Waals surface area contributed by atoms with Gasteiger partial charge in [-0.3, -0.25) is 0 Å². The van der Waals surface area contributed by atoms with Crippen molar-refractivity contribution in [3.8, 4) is 0 Å². The molecule has 0 aliphatic carbocycles. The number of thioether (sulfide) groups is 1. The molecule has 6 heteroatoms. The average Bonchev–Trinajstić information content (AvgIpc) is 2.83. The predicted octanol–water partition coefficient (Wildman–Crippen LogP) is 2.73. The van der Waals surface area contributed by atoms with E-state index in [2.05, 4.69) is 20.6 Å². The van der Waals surface area contributed by atoms with Gasteiger partial charge in [0.05, 0.1) is 6.20 Å². The van der Waals surface area contributed by atoms with Gasteiger partial charge in [-0.05, 0) is 30.8 Å². The van der Waals surface area contributed by atoms with Crippen LogP contribution in [0.25, 0.3) is 0 Å². The topological polar surface area (TPSA) is 49.8 Å². The summed E-state index contributed by atoms with van der Waals surface area (Å²) in [5.74, 6) is 4.59. The molecule has 0 aromatic carbocycles. The second kappa shape index (κ2) is 6.31. The van der Waals surface area contributed by atoms with E-state index in [1.807, 2.05) is 18.7 Å². The lowest BCUT2D eigenvalue weighted by Crippen LogP contribution is -2.15. The summed E-state index contributed by atoms with van der Waals surface area (Å²) in [5, 5.41) is 6.98. The Morgan fingerprint density at radius 1 is 1.53 bits per heavy atom. The zero-order valence-electron chi connectivity index (χ0n) is 9.87. The fraction of sp³-hybridized carbons (Fsp3) is 0.636. The van der Waals surface area contributed by atoms with Gasteiger partial charge in [0.2, 0.25) is 5.95 Å². The Bertz CT molecular complexity index is 368. The highest BCUT2D eigenvalue weighted by Crippen LogP contribution is 2.25. The molecule has 2 heterocycles. The van der Waals surface area contributed by atoms with Crippen molar-refractivity contribution in [2.24, 2.45) is 5.92 Å². The van der Waals surface area contributed by atoms with Crippen LogP contribution >= 0.6 is 23.4 Å². The first kappa shape index (κ1) is 12.8. The van der Waals surface area contributed by atoms with E-state index in [-0.39, 0.29) is 0 Å². The van der Waals surface area contributed by atoms with Gasteiger partial charge in [-0.25, -0.2) is 4.98 Å². The lowest BCUT2D eigenvalue weighted by atomic mass is 10.1. The normalized spacial score (nSPS) is 19.3. The highest BCUT2D eigenvalue weighted by Gasteiger charge is 2.16. The maximum absolute atomic E-state index is 6.06. The van der Waals surface area contributed by atoms with Crippen molar-refractivity contribution in [1.29, 1.82) is 0 Å². The molecule has 1 aliphatic rings. The molecule has 94 valence electrons. The van der Waals surface area contributed by atoms with Crippen LogP contribution in [0.4, 0.5) is 11.8 Å².